The highest BCUT2D eigenvalue weighted by molar-refractivity contribution is 8.00. The molecule has 1 aromatic rings. The van der Waals surface area contributed by atoms with E-state index in [1.54, 1.807) is 0 Å². The highest BCUT2D eigenvalue weighted by atomic mass is 32.2. The van der Waals surface area contributed by atoms with E-state index in [-0.39, 0.29) is 36.0 Å². The first kappa shape index (κ1) is 19.3. The molecule has 150 valence electrons. The predicted octanol–water partition coefficient (Wildman–Crippen LogP) is 1.41. The lowest BCUT2D eigenvalue weighted by Gasteiger charge is -2.34. The van der Waals surface area contributed by atoms with E-state index in [1.807, 2.05) is 0 Å². The van der Waals surface area contributed by atoms with Crippen LogP contribution in [0.25, 0.3) is 0 Å². The van der Waals surface area contributed by atoms with Gasteiger partial charge in [-0.15, -0.1) is 0 Å². The first-order chi connectivity index (χ1) is 13.2. The van der Waals surface area contributed by atoms with Crippen LogP contribution in [0.5, 0.6) is 0 Å². The van der Waals surface area contributed by atoms with Gasteiger partial charge in [0, 0.05) is 26.2 Å². The molecule has 1 aromatic carbocycles. The Morgan fingerprint density at radius 3 is 2.25 bits per heavy atom. The molecule has 2 aliphatic heterocycles. The van der Waals surface area contributed by atoms with Crippen LogP contribution in [0.3, 0.4) is 0 Å². The molecule has 0 saturated carbocycles. The van der Waals surface area contributed by atoms with Gasteiger partial charge in [0.15, 0.2) is 0 Å². The van der Waals surface area contributed by atoms with E-state index in [2.05, 4.69) is 0 Å². The highest BCUT2D eigenvalue weighted by Gasteiger charge is 2.41. The minimum Gasteiger partial charge on any atom is -0.335 e. The quantitative estimate of drug-likeness (QED) is 0.729. The Morgan fingerprint density at radius 2 is 1.64 bits per heavy atom. The number of carbonyl (C=O) groups is 1. The Kier molecular flexibility index (Phi) is 4.67. The fraction of sp³-hybridized carbons (Fsp3) is 0.389. The maximum atomic E-state index is 13.0. The molecule has 0 bridgehead atoms. The van der Waals surface area contributed by atoms with Gasteiger partial charge in [-0.05, 0) is 55.2 Å². The third-order valence-corrected chi connectivity index (χ3v) is 9.21. The van der Waals surface area contributed by atoms with E-state index in [1.165, 1.54) is 27.4 Å². The molecule has 7 nitrogen and oxygen atoms in total. The molecule has 0 unspecified atom stereocenters. The molecular weight excluding hydrogens is 407 g/mol. The van der Waals surface area contributed by atoms with Crippen molar-refractivity contribution in [3.8, 4) is 0 Å². The zero-order valence-corrected chi connectivity index (χ0v) is 16.6. The van der Waals surface area contributed by atoms with E-state index >= 15 is 0 Å². The number of amides is 1. The summed E-state index contributed by atoms with van der Waals surface area (Å²) in [6.07, 6.45) is 3.38. The third kappa shape index (κ3) is 3.09. The summed E-state index contributed by atoms with van der Waals surface area (Å²) in [6.45, 7) is 0.283. The topological polar surface area (TPSA) is 91.8 Å². The number of halogens is 1. The number of sulfone groups is 1. The molecule has 28 heavy (non-hydrogen) atoms. The van der Waals surface area contributed by atoms with E-state index in [0.29, 0.717) is 17.7 Å². The average molecular weight is 426 g/mol. The van der Waals surface area contributed by atoms with Crippen LogP contribution < -0.4 is 0 Å². The van der Waals surface area contributed by atoms with Crippen molar-refractivity contribution in [3.05, 3.63) is 51.5 Å². The molecule has 2 heterocycles. The molecule has 1 saturated heterocycles. The normalized spacial score (nSPS) is 22.3. The molecule has 0 N–H and O–H groups in total. The summed E-state index contributed by atoms with van der Waals surface area (Å²) < 4.78 is 64.7. The fourth-order valence-corrected chi connectivity index (χ4v) is 7.05. The van der Waals surface area contributed by atoms with Crippen LogP contribution in [-0.4, -0.2) is 58.1 Å². The van der Waals surface area contributed by atoms with Gasteiger partial charge >= 0.3 is 0 Å². The number of carbonyl (C=O) groups excluding carboxylic acids is 1. The van der Waals surface area contributed by atoms with Crippen molar-refractivity contribution in [1.29, 1.82) is 0 Å². The fourth-order valence-electron chi connectivity index (χ4n) is 3.79. The summed E-state index contributed by atoms with van der Waals surface area (Å²) in [6, 6.07) is 4.56. The van der Waals surface area contributed by atoms with Crippen molar-refractivity contribution in [2.45, 2.75) is 24.2 Å². The Balaban J connectivity index is 1.46. The second-order valence-electron chi connectivity index (χ2n) is 6.96. The van der Waals surface area contributed by atoms with Gasteiger partial charge < -0.3 is 4.90 Å². The summed E-state index contributed by atoms with van der Waals surface area (Å²) in [4.78, 5) is 14.3. The summed E-state index contributed by atoms with van der Waals surface area (Å²) in [5, 5.41) is 0. The molecule has 1 fully saturated rings. The summed E-state index contributed by atoms with van der Waals surface area (Å²) in [5.41, 5.74) is 0.723. The summed E-state index contributed by atoms with van der Waals surface area (Å²) >= 11 is 0. The smallest absolute Gasteiger partial charge is 0.265 e. The van der Waals surface area contributed by atoms with E-state index in [0.717, 1.165) is 24.1 Å². The molecule has 4 rings (SSSR count). The van der Waals surface area contributed by atoms with Crippen LogP contribution in [0.2, 0.25) is 0 Å². The van der Waals surface area contributed by atoms with Crippen molar-refractivity contribution in [3.63, 3.8) is 0 Å². The lowest BCUT2D eigenvalue weighted by molar-refractivity contribution is -0.127. The van der Waals surface area contributed by atoms with Crippen LogP contribution >= 0.6 is 0 Å². The van der Waals surface area contributed by atoms with Crippen molar-refractivity contribution < 1.29 is 26.0 Å². The monoisotopic (exact) mass is 426 g/mol. The zero-order valence-electron chi connectivity index (χ0n) is 15.0. The van der Waals surface area contributed by atoms with Gasteiger partial charge in [0.1, 0.15) is 10.7 Å². The predicted molar refractivity (Wildman–Crippen MR) is 99.6 cm³/mol. The standard InChI is InChI=1S/C18H19FN2O5S2/c19-14-4-6-15(7-5-14)28(25,26)21-10-8-20(9-11-21)18(22)17-12-13-2-1-3-16(13)27(17,23)24/h4-7,12H,1-3,8-11H2. The number of rotatable bonds is 3. The minimum absolute atomic E-state index is 0.0182. The average Bonchev–Trinajstić information content (AvgIpc) is 3.24. The van der Waals surface area contributed by atoms with Gasteiger partial charge in [-0.3, -0.25) is 4.79 Å². The number of benzene rings is 1. The van der Waals surface area contributed by atoms with Gasteiger partial charge in [-0.2, -0.15) is 4.31 Å². The van der Waals surface area contributed by atoms with E-state index in [4.69, 9.17) is 0 Å². The lowest BCUT2D eigenvalue weighted by Crippen LogP contribution is -2.51. The molecular formula is C18H19FN2O5S2. The van der Waals surface area contributed by atoms with Gasteiger partial charge in [0.25, 0.3) is 5.91 Å². The van der Waals surface area contributed by atoms with Crippen molar-refractivity contribution in [2.24, 2.45) is 0 Å². The second kappa shape index (κ2) is 6.78. The minimum atomic E-state index is -3.79. The second-order valence-corrected chi connectivity index (χ2v) is 10.8. The van der Waals surface area contributed by atoms with Crippen molar-refractivity contribution in [2.75, 3.05) is 26.2 Å². The number of allylic oxidation sites excluding steroid dienone is 3. The van der Waals surface area contributed by atoms with Gasteiger partial charge in [0.2, 0.25) is 19.9 Å². The SMILES string of the molecule is O=C(C1=CC2=C(CCC2)S1(=O)=O)N1CCN(S(=O)(=O)c2ccc(F)cc2)CC1. The Bertz CT molecular complexity index is 1100. The van der Waals surface area contributed by atoms with Crippen LogP contribution in [0.1, 0.15) is 19.3 Å². The molecule has 10 heteroatoms. The third-order valence-electron chi connectivity index (χ3n) is 5.32. The molecule has 3 aliphatic rings. The first-order valence-electron chi connectivity index (χ1n) is 8.95. The van der Waals surface area contributed by atoms with Gasteiger partial charge in [0.05, 0.1) is 9.80 Å². The molecule has 0 radical (unpaired) electrons. The van der Waals surface area contributed by atoms with Crippen LogP contribution in [0.4, 0.5) is 4.39 Å². The van der Waals surface area contributed by atoms with Gasteiger partial charge in [-0.25, -0.2) is 21.2 Å². The highest BCUT2D eigenvalue weighted by Crippen LogP contribution is 2.41. The maximum absolute atomic E-state index is 13.0. The molecule has 0 spiro atoms. The first-order valence-corrected chi connectivity index (χ1v) is 11.9. The van der Waals surface area contributed by atoms with E-state index < -0.39 is 31.6 Å². The van der Waals surface area contributed by atoms with Crippen molar-refractivity contribution in [1.82, 2.24) is 9.21 Å². The summed E-state index contributed by atoms with van der Waals surface area (Å²) in [5.74, 6) is -1.10. The lowest BCUT2D eigenvalue weighted by atomic mass is 10.2. The Morgan fingerprint density at radius 1 is 1.00 bits per heavy atom. The summed E-state index contributed by atoms with van der Waals surface area (Å²) in [7, 11) is -7.51. The molecule has 1 amide bonds. The van der Waals surface area contributed by atoms with E-state index in [9.17, 15) is 26.0 Å². The Labute approximate surface area is 163 Å². The van der Waals surface area contributed by atoms with Gasteiger partial charge in [-0.1, -0.05) is 0 Å². The number of nitrogens with zero attached hydrogens (tertiary/aromatic N) is 2. The number of piperazine rings is 1. The number of hydrogen-bond acceptors (Lipinski definition) is 5. The largest absolute Gasteiger partial charge is 0.335 e. The number of hydrogen-bond donors (Lipinski definition) is 0. The molecule has 0 aromatic heterocycles. The molecule has 0 atom stereocenters. The maximum Gasteiger partial charge on any atom is 0.265 e. The molecule has 1 aliphatic carbocycles. The van der Waals surface area contributed by atoms with Crippen LogP contribution in [-0.2, 0) is 24.7 Å². The van der Waals surface area contributed by atoms with Crippen LogP contribution in [0, 0.1) is 5.82 Å². The zero-order chi connectivity index (χ0) is 20.1. The van der Waals surface area contributed by atoms with Crippen molar-refractivity contribution >= 4 is 25.8 Å². The Hall–Kier alpha value is -2.04. The number of sulfonamides is 1. The van der Waals surface area contributed by atoms with Crippen LogP contribution in [0.15, 0.2) is 50.6 Å².